The lowest BCUT2D eigenvalue weighted by atomic mass is 10.0. The highest BCUT2D eigenvalue weighted by Gasteiger charge is 2.26. The number of nitrogens with zero attached hydrogens (tertiary/aromatic N) is 1. The number of aryl methyl sites for hydroxylation is 1. The van der Waals surface area contributed by atoms with Crippen LogP contribution in [0, 0.1) is 6.92 Å². The van der Waals surface area contributed by atoms with Crippen LogP contribution in [0.3, 0.4) is 0 Å². The standard InChI is InChI=1S/C19H29NO3/c1-8-9-18(16-12-15(6)10-11-17(16)22-7)23-19(21)20(13(2)3)14(4)5/h8,10-14,18H,1,9H2,2-7H3/t18-/m1/s1. The Labute approximate surface area is 140 Å². The first-order valence-electron chi connectivity index (χ1n) is 8.06. The summed E-state index contributed by atoms with van der Waals surface area (Å²) >= 11 is 0. The molecule has 0 radical (unpaired) electrons. The summed E-state index contributed by atoms with van der Waals surface area (Å²) in [6.45, 7) is 13.7. The fraction of sp³-hybridized carbons (Fsp3) is 0.526. The zero-order chi connectivity index (χ0) is 17.6. The van der Waals surface area contributed by atoms with Gasteiger partial charge in [-0.05, 0) is 46.8 Å². The number of carbonyl (C=O) groups is 1. The largest absolute Gasteiger partial charge is 0.496 e. The fourth-order valence-corrected chi connectivity index (χ4v) is 2.70. The van der Waals surface area contributed by atoms with Gasteiger partial charge in [0.25, 0.3) is 0 Å². The molecule has 1 atom stereocenters. The van der Waals surface area contributed by atoms with E-state index in [1.54, 1.807) is 18.1 Å². The molecular weight excluding hydrogens is 290 g/mol. The van der Waals surface area contributed by atoms with Gasteiger partial charge in [-0.1, -0.05) is 17.7 Å². The number of amides is 1. The monoisotopic (exact) mass is 319 g/mol. The molecule has 0 spiro atoms. The van der Waals surface area contributed by atoms with Crippen LogP contribution in [0.5, 0.6) is 5.75 Å². The van der Waals surface area contributed by atoms with Crippen LogP contribution < -0.4 is 4.74 Å². The van der Waals surface area contributed by atoms with Crippen LogP contribution in [0.4, 0.5) is 4.79 Å². The molecule has 4 nitrogen and oxygen atoms in total. The second kappa shape index (κ2) is 8.61. The molecule has 0 bridgehead atoms. The van der Waals surface area contributed by atoms with Gasteiger partial charge in [-0.25, -0.2) is 4.79 Å². The first-order valence-corrected chi connectivity index (χ1v) is 8.06. The van der Waals surface area contributed by atoms with Crippen LogP contribution in [-0.4, -0.2) is 30.2 Å². The summed E-state index contributed by atoms with van der Waals surface area (Å²) in [4.78, 5) is 14.3. The molecule has 0 aliphatic rings. The molecule has 0 aromatic heterocycles. The number of hydrogen-bond acceptors (Lipinski definition) is 3. The second-order valence-electron chi connectivity index (χ2n) is 6.24. The minimum Gasteiger partial charge on any atom is -0.496 e. The maximum Gasteiger partial charge on any atom is 0.410 e. The summed E-state index contributed by atoms with van der Waals surface area (Å²) in [5.41, 5.74) is 1.96. The Hall–Kier alpha value is -1.97. The molecule has 0 saturated heterocycles. The van der Waals surface area contributed by atoms with Gasteiger partial charge in [0.1, 0.15) is 11.9 Å². The smallest absolute Gasteiger partial charge is 0.410 e. The average molecular weight is 319 g/mol. The van der Waals surface area contributed by atoms with Crippen molar-refractivity contribution in [2.75, 3.05) is 7.11 Å². The van der Waals surface area contributed by atoms with Gasteiger partial charge in [0.15, 0.2) is 0 Å². The predicted octanol–water partition coefficient (Wildman–Crippen LogP) is 4.88. The summed E-state index contributed by atoms with van der Waals surface area (Å²) in [5.74, 6) is 0.718. The molecule has 0 heterocycles. The van der Waals surface area contributed by atoms with E-state index in [0.717, 1.165) is 16.9 Å². The van der Waals surface area contributed by atoms with Gasteiger partial charge in [0.05, 0.1) is 7.11 Å². The van der Waals surface area contributed by atoms with Crippen molar-refractivity contribution in [3.05, 3.63) is 42.0 Å². The van der Waals surface area contributed by atoms with Gasteiger partial charge in [0.2, 0.25) is 0 Å². The third-order valence-electron chi connectivity index (χ3n) is 3.68. The van der Waals surface area contributed by atoms with E-state index in [9.17, 15) is 4.79 Å². The SMILES string of the molecule is C=CC[C@@H](OC(=O)N(C(C)C)C(C)C)c1cc(C)ccc1OC. The van der Waals surface area contributed by atoms with Crippen LogP contribution in [0.15, 0.2) is 30.9 Å². The molecule has 128 valence electrons. The van der Waals surface area contributed by atoms with Crippen molar-refractivity contribution >= 4 is 6.09 Å². The van der Waals surface area contributed by atoms with Gasteiger partial charge in [-0.2, -0.15) is 0 Å². The quantitative estimate of drug-likeness (QED) is 0.673. The van der Waals surface area contributed by atoms with Crippen molar-refractivity contribution in [2.45, 2.75) is 59.2 Å². The Morgan fingerprint density at radius 2 is 1.87 bits per heavy atom. The molecule has 1 aromatic carbocycles. The predicted molar refractivity (Wildman–Crippen MR) is 93.9 cm³/mol. The van der Waals surface area contributed by atoms with Crippen LogP contribution in [-0.2, 0) is 4.74 Å². The maximum atomic E-state index is 12.6. The minimum atomic E-state index is -0.408. The second-order valence-corrected chi connectivity index (χ2v) is 6.24. The Kier molecular flexibility index (Phi) is 7.14. The van der Waals surface area contributed by atoms with Crippen molar-refractivity contribution in [2.24, 2.45) is 0 Å². The number of carbonyl (C=O) groups excluding carboxylic acids is 1. The molecule has 1 aromatic rings. The van der Waals surface area contributed by atoms with Gasteiger partial charge >= 0.3 is 6.09 Å². The number of rotatable bonds is 7. The van der Waals surface area contributed by atoms with E-state index in [4.69, 9.17) is 9.47 Å². The number of methoxy groups -OCH3 is 1. The Morgan fingerprint density at radius 3 is 2.35 bits per heavy atom. The van der Waals surface area contributed by atoms with Gasteiger partial charge < -0.3 is 14.4 Å². The fourth-order valence-electron chi connectivity index (χ4n) is 2.70. The van der Waals surface area contributed by atoms with Crippen molar-refractivity contribution in [1.82, 2.24) is 4.90 Å². The Balaban J connectivity index is 3.10. The molecule has 0 fully saturated rings. The van der Waals surface area contributed by atoms with Crippen LogP contribution in [0.1, 0.15) is 51.3 Å². The van der Waals surface area contributed by atoms with E-state index >= 15 is 0 Å². The van der Waals surface area contributed by atoms with E-state index < -0.39 is 6.10 Å². The van der Waals surface area contributed by atoms with E-state index in [1.807, 2.05) is 52.8 Å². The van der Waals surface area contributed by atoms with E-state index in [2.05, 4.69) is 6.58 Å². The topological polar surface area (TPSA) is 38.8 Å². The van der Waals surface area contributed by atoms with Gasteiger partial charge in [-0.3, -0.25) is 0 Å². The van der Waals surface area contributed by atoms with Crippen LogP contribution in [0.25, 0.3) is 0 Å². The van der Waals surface area contributed by atoms with Crippen LogP contribution >= 0.6 is 0 Å². The summed E-state index contributed by atoms with van der Waals surface area (Å²) in [5, 5.41) is 0. The third-order valence-corrected chi connectivity index (χ3v) is 3.68. The van der Waals surface area contributed by atoms with E-state index in [-0.39, 0.29) is 18.2 Å². The lowest BCUT2D eigenvalue weighted by molar-refractivity contribution is 0.0449. The maximum absolute atomic E-state index is 12.6. The average Bonchev–Trinajstić information content (AvgIpc) is 2.45. The van der Waals surface area contributed by atoms with Crippen molar-refractivity contribution < 1.29 is 14.3 Å². The molecule has 1 amide bonds. The lowest BCUT2D eigenvalue weighted by Gasteiger charge is -2.31. The van der Waals surface area contributed by atoms with E-state index in [0.29, 0.717) is 6.42 Å². The van der Waals surface area contributed by atoms with Gasteiger partial charge in [-0.15, -0.1) is 6.58 Å². The van der Waals surface area contributed by atoms with Crippen LogP contribution in [0.2, 0.25) is 0 Å². The Bertz CT molecular complexity index is 529. The zero-order valence-corrected chi connectivity index (χ0v) is 15.1. The Morgan fingerprint density at radius 1 is 1.26 bits per heavy atom. The number of hydrogen-bond donors (Lipinski definition) is 0. The normalized spacial score (nSPS) is 12.2. The molecule has 1 rings (SSSR count). The molecule has 0 unspecified atom stereocenters. The number of ether oxygens (including phenoxy) is 2. The zero-order valence-electron chi connectivity index (χ0n) is 15.1. The highest BCUT2D eigenvalue weighted by Crippen LogP contribution is 2.32. The van der Waals surface area contributed by atoms with Crippen molar-refractivity contribution in [3.63, 3.8) is 0 Å². The van der Waals surface area contributed by atoms with Gasteiger partial charge in [0, 0.05) is 24.1 Å². The molecule has 0 saturated carbocycles. The number of benzene rings is 1. The molecule has 0 N–H and O–H groups in total. The molecular formula is C19H29NO3. The third kappa shape index (κ3) is 5.02. The minimum absolute atomic E-state index is 0.0753. The molecule has 0 aliphatic heterocycles. The summed E-state index contributed by atoms with van der Waals surface area (Å²) < 4.78 is 11.2. The molecule has 23 heavy (non-hydrogen) atoms. The first-order chi connectivity index (χ1) is 10.8. The van der Waals surface area contributed by atoms with Crippen molar-refractivity contribution in [1.29, 1.82) is 0 Å². The highest BCUT2D eigenvalue weighted by molar-refractivity contribution is 5.69. The molecule has 0 aliphatic carbocycles. The summed E-state index contributed by atoms with van der Waals surface area (Å²) in [6, 6.07) is 6.02. The van der Waals surface area contributed by atoms with Crippen molar-refractivity contribution in [3.8, 4) is 5.75 Å². The van der Waals surface area contributed by atoms with E-state index in [1.165, 1.54) is 0 Å². The highest BCUT2D eigenvalue weighted by atomic mass is 16.6. The lowest BCUT2D eigenvalue weighted by Crippen LogP contribution is -2.42. The first kappa shape index (κ1) is 19.1. The summed E-state index contributed by atoms with van der Waals surface area (Å²) in [6.07, 6.45) is 1.57. The molecule has 4 heteroatoms. The summed E-state index contributed by atoms with van der Waals surface area (Å²) in [7, 11) is 1.62.